The smallest absolute Gasteiger partial charge is 0.294 e. The monoisotopic (exact) mass is 356 g/mol. The SMILES string of the molecule is COC(=NC(=O)c1ccccc1)N(C)CCc1ccc(OC)c(OC)c1. The van der Waals surface area contributed by atoms with Crippen LogP contribution in [0, 0.1) is 0 Å². The van der Waals surface area contributed by atoms with Crippen LogP contribution >= 0.6 is 0 Å². The molecule has 26 heavy (non-hydrogen) atoms. The predicted octanol–water partition coefficient (Wildman–Crippen LogP) is 3.02. The van der Waals surface area contributed by atoms with Crippen molar-refractivity contribution < 1.29 is 19.0 Å². The van der Waals surface area contributed by atoms with Crippen molar-refractivity contribution in [3.63, 3.8) is 0 Å². The van der Waals surface area contributed by atoms with Crippen LogP contribution in [0.25, 0.3) is 0 Å². The van der Waals surface area contributed by atoms with Crippen molar-refractivity contribution in [3.8, 4) is 11.5 Å². The Hall–Kier alpha value is -3.02. The van der Waals surface area contributed by atoms with Crippen LogP contribution in [-0.2, 0) is 11.2 Å². The summed E-state index contributed by atoms with van der Waals surface area (Å²) >= 11 is 0. The molecule has 0 aliphatic carbocycles. The van der Waals surface area contributed by atoms with Gasteiger partial charge in [0, 0.05) is 19.2 Å². The zero-order chi connectivity index (χ0) is 18.9. The average Bonchev–Trinajstić information content (AvgIpc) is 2.70. The van der Waals surface area contributed by atoms with Crippen molar-refractivity contribution in [1.29, 1.82) is 0 Å². The van der Waals surface area contributed by atoms with Crippen molar-refractivity contribution in [3.05, 3.63) is 59.7 Å². The normalized spacial score (nSPS) is 11.0. The number of likely N-dealkylation sites (N-methyl/N-ethyl adjacent to an activating group) is 1. The van der Waals surface area contributed by atoms with Gasteiger partial charge in [-0.1, -0.05) is 24.3 Å². The van der Waals surface area contributed by atoms with Gasteiger partial charge in [-0.15, -0.1) is 0 Å². The molecule has 0 N–H and O–H groups in total. The van der Waals surface area contributed by atoms with E-state index >= 15 is 0 Å². The van der Waals surface area contributed by atoms with Crippen molar-refractivity contribution in [2.45, 2.75) is 6.42 Å². The Bertz CT molecular complexity index is 760. The van der Waals surface area contributed by atoms with Gasteiger partial charge in [0.05, 0.1) is 21.3 Å². The van der Waals surface area contributed by atoms with Gasteiger partial charge in [-0.05, 0) is 36.2 Å². The van der Waals surface area contributed by atoms with Gasteiger partial charge in [0.2, 0.25) is 0 Å². The van der Waals surface area contributed by atoms with Crippen LogP contribution in [0.1, 0.15) is 15.9 Å². The summed E-state index contributed by atoms with van der Waals surface area (Å²) in [7, 11) is 6.56. The molecule has 2 rings (SSSR count). The van der Waals surface area contributed by atoms with Crippen molar-refractivity contribution >= 4 is 11.9 Å². The highest BCUT2D eigenvalue weighted by molar-refractivity contribution is 6.01. The summed E-state index contributed by atoms with van der Waals surface area (Å²) in [6.07, 6.45) is 0.735. The molecule has 0 bridgehead atoms. The molecule has 0 unspecified atom stereocenters. The molecule has 138 valence electrons. The van der Waals surface area contributed by atoms with E-state index in [1.165, 1.54) is 7.11 Å². The third-order valence-electron chi connectivity index (χ3n) is 3.91. The summed E-state index contributed by atoms with van der Waals surface area (Å²) in [4.78, 5) is 18.1. The molecule has 0 aliphatic rings. The van der Waals surface area contributed by atoms with Gasteiger partial charge >= 0.3 is 0 Å². The number of aliphatic imine (C=N–C) groups is 1. The minimum Gasteiger partial charge on any atom is -0.493 e. The Balaban J connectivity index is 2.04. The van der Waals surface area contributed by atoms with Crippen molar-refractivity contribution in [2.75, 3.05) is 34.9 Å². The van der Waals surface area contributed by atoms with Gasteiger partial charge in [0.25, 0.3) is 11.9 Å². The van der Waals surface area contributed by atoms with E-state index in [-0.39, 0.29) is 11.9 Å². The fourth-order valence-corrected chi connectivity index (χ4v) is 2.45. The Morgan fingerprint density at radius 1 is 1.00 bits per heavy atom. The highest BCUT2D eigenvalue weighted by atomic mass is 16.5. The Morgan fingerprint density at radius 3 is 2.31 bits per heavy atom. The number of ether oxygens (including phenoxy) is 3. The lowest BCUT2D eigenvalue weighted by atomic mass is 10.1. The average molecular weight is 356 g/mol. The summed E-state index contributed by atoms with van der Waals surface area (Å²) < 4.78 is 15.9. The number of rotatable bonds is 6. The second-order valence-corrected chi connectivity index (χ2v) is 5.63. The molecule has 0 saturated carbocycles. The van der Waals surface area contributed by atoms with E-state index in [0.717, 1.165) is 12.0 Å². The van der Waals surface area contributed by atoms with Crippen molar-refractivity contribution in [1.82, 2.24) is 4.90 Å². The number of hydrogen-bond donors (Lipinski definition) is 0. The van der Waals surface area contributed by atoms with E-state index in [9.17, 15) is 4.79 Å². The van der Waals surface area contributed by atoms with Gasteiger partial charge < -0.3 is 19.1 Å². The topological polar surface area (TPSA) is 60.4 Å². The highest BCUT2D eigenvalue weighted by Crippen LogP contribution is 2.27. The Labute approximate surface area is 154 Å². The maximum absolute atomic E-state index is 12.2. The van der Waals surface area contributed by atoms with E-state index < -0.39 is 0 Å². The van der Waals surface area contributed by atoms with Gasteiger partial charge in [-0.25, -0.2) is 0 Å². The predicted molar refractivity (Wildman–Crippen MR) is 101 cm³/mol. The lowest BCUT2D eigenvalue weighted by Gasteiger charge is -2.19. The van der Waals surface area contributed by atoms with Crippen LogP contribution in [-0.4, -0.2) is 51.8 Å². The molecular formula is C20H24N2O4. The molecule has 0 radical (unpaired) electrons. The molecule has 0 aliphatic heterocycles. The second-order valence-electron chi connectivity index (χ2n) is 5.63. The van der Waals surface area contributed by atoms with Crippen molar-refractivity contribution in [2.24, 2.45) is 4.99 Å². The number of amides is 1. The van der Waals surface area contributed by atoms with Crippen LogP contribution in [0.4, 0.5) is 0 Å². The summed E-state index contributed by atoms with van der Waals surface area (Å²) in [5, 5.41) is 0. The molecule has 0 heterocycles. The highest BCUT2D eigenvalue weighted by Gasteiger charge is 2.12. The quantitative estimate of drug-likeness (QED) is 0.588. The third-order valence-corrected chi connectivity index (χ3v) is 3.91. The summed E-state index contributed by atoms with van der Waals surface area (Å²) in [6, 6.07) is 15.0. The first kappa shape index (κ1) is 19.3. The van der Waals surface area contributed by atoms with Crippen LogP contribution in [0.2, 0.25) is 0 Å². The molecule has 0 atom stereocenters. The van der Waals surface area contributed by atoms with Crippen LogP contribution in [0.15, 0.2) is 53.5 Å². The first-order chi connectivity index (χ1) is 12.6. The van der Waals surface area contributed by atoms with E-state index in [4.69, 9.17) is 14.2 Å². The molecule has 2 aromatic rings. The molecule has 6 nitrogen and oxygen atoms in total. The number of amidine groups is 1. The third kappa shape index (κ3) is 4.99. The summed E-state index contributed by atoms with van der Waals surface area (Å²) in [5.41, 5.74) is 1.61. The Kier molecular flexibility index (Phi) is 7.02. The second kappa shape index (κ2) is 9.46. The number of benzene rings is 2. The summed E-state index contributed by atoms with van der Waals surface area (Å²) in [6.45, 7) is 0.629. The van der Waals surface area contributed by atoms with Gasteiger partial charge in [0.15, 0.2) is 11.5 Å². The molecule has 0 saturated heterocycles. The zero-order valence-corrected chi connectivity index (χ0v) is 15.6. The number of carbonyl (C=O) groups is 1. The van der Waals surface area contributed by atoms with E-state index in [1.807, 2.05) is 31.3 Å². The minimum absolute atomic E-state index is 0.277. The van der Waals surface area contributed by atoms with Gasteiger partial charge in [-0.3, -0.25) is 4.79 Å². The van der Waals surface area contributed by atoms with E-state index in [1.54, 1.807) is 43.4 Å². The lowest BCUT2D eigenvalue weighted by molar-refractivity contribution is 0.0996. The van der Waals surface area contributed by atoms with Crippen LogP contribution in [0.5, 0.6) is 11.5 Å². The van der Waals surface area contributed by atoms with Gasteiger partial charge in [-0.2, -0.15) is 4.99 Å². The maximum atomic E-state index is 12.2. The minimum atomic E-state index is -0.333. The number of methoxy groups -OCH3 is 3. The molecule has 2 aromatic carbocycles. The van der Waals surface area contributed by atoms with Crippen LogP contribution in [0.3, 0.4) is 0 Å². The molecule has 0 aromatic heterocycles. The molecule has 0 spiro atoms. The van der Waals surface area contributed by atoms with Gasteiger partial charge in [0.1, 0.15) is 0 Å². The van der Waals surface area contributed by atoms with E-state index in [0.29, 0.717) is 23.6 Å². The first-order valence-corrected chi connectivity index (χ1v) is 8.23. The number of carbonyl (C=O) groups excluding carboxylic acids is 1. The number of hydrogen-bond acceptors (Lipinski definition) is 4. The first-order valence-electron chi connectivity index (χ1n) is 8.23. The summed E-state index contributed by atoms with van der Waals surface area (Å²) in [5.74, 6) is 1.05. The zero-order valence-electron chi connectivity index (χ0n) is 15.6. The largest absolute Gasteiger partial charge is 0.493 e. The Morgan fingerprint density at radius 2 is 1.69 bits per heavy atom. The molecular weight excluding hydrogens is 332 g/mol. The number of nitrogens with zero attached hydrogens (tertiary/aromatic N) is 2. The fourth-order valence-electron chi connectivity index (χ4n) is 2.45. The molecule has 0 fully saturated rings. The van der Waals surface area contributed by atoms with Crippen LogP contribution < -0.4 is 9.47 Å². The van der Waals surface area contributed by atoms with E-state index in [2.05, 4.69) is 4.99 Å². The maximum Gasteiger partial charge on any atom is 0.294 e. The molecule has 6 heteroatoms. The standard InChI is InChI=1S/C20H24N2O4/c1-22(13-12-15-10-11-17(24-2)18(14-15)25-3)20(26-4)21-19(23)16-8-6-5-7-9-16/h5-11,14H,12-13H2,1-4H3. The lowest BCUT2D eigenvalue weighted by Crippen LogP contribution is -2.31. The molecule has 1 amide bonds. The fraction of sp³-hybridized carbons (Fsp3) is 0.300.